The summed E-state index contributed by atoms with van der Waals surface area (Å²) in [4.78, 5) is 12.0. The van der Waals surface area contributed by atoms with Gasteiger partial charge in [-0.3, -0.25) is 4.79 Å². The van der Waals surface area contributed by atoms with Crippen LogP contribution in [-0.2, 0) is 0 Å². The molecule has 1 heterocycles. The van der Waals surface area contributed by atoms with Crippen molar-refractivity contribution in [2.75, 3.05) is 0 Å². The van der Waals surface area contributed by atoms with Crippen molar-refractivity contribution in [3.8, 4) is 22.6 Å². The van der Waals surface area contributed by atoms with E-state index in [0.717, 1.165) is 24.3 Å². The van der Waals surface area contributed by atoms with Crippen LogP contribution in [0.1, 0.15) is 10.5 Å². The minimum absolute atomic E-state index is 0.0101. The summed E-state index contributed by atoms with van der Waals surface area (Å²) in [6, 6.07) is 14.5. The van der Waals surface area contributed by atoms with Crippen LogP contribution < -0.4 is 10.5 Å². The molecule has 2 N–H and O–H groups in total. The average Bonchev–Trinajstić information content (AvgIpc) is 3.06. The van der Waals surface area contributed by atoms with Crippen LogP contribution in [0.3, 0.4) is 0 Å². The highest BCUT2D eigenvalue weighted by Gasteiger charge is 2.31. The van der Waals surface area contributed by atoms with Crippen molar-refractivity contribution in [3.05, 3.63) is 84.1 Å². The molecule has 4 nitrogen and oxygen atoms in total. The first-order valence-electron chi connectivity index (χ1n) is 8.89. The summed E-state index contributed by atoms with van der Waals surface area (Å²) >= 11 is 0. The summed E-state index contributed by atoms with van der Waals surface area (Å²) in [6.07, 6.45) is -4.86. The number of halogens is 5. The van der Waals surface area contributed by atoms with Crippen molar-refractivity contribution in [2.24, 2.45) is 5.73 Å². The molecule has 4 aromatic rings. The monoisotopic (exact) mass is 432 g/mol. The minimum atomic E-state index is -4.86. The van der Waals surface area contributed by atoms with Gasteiger partial charge in [0.25, 0.3) is 5.91 Å². The molecular weight excluding hydrogens is 419 g/mol. The number of carbonyl (C=O) groups is 1. The Morgan fingerprint density at radius 1 is 0.935 bits per heavy atom. The van der Waals surface area contributed by atoms with E-state index in [4.69, 9.17) is 5.73 Å². The molecule has 0 spiro atoms. The van der Waals surface area contributed by atoms with E-state index in [1.807, 2.05) is 0 Å². The Kier molecular flexibility index (Phi) is 4.88. The number of ether oxygens (including phenoxy) is 1. The van der Waals surface area contributed by atoms with Crippen LogP contribution >= 0.6 is 0 Å². The molecule has 0 saturated carbocycles. The molecule has 0 fully saturated rings. The smallest absolute Gasteiger partial charge is 0.406 e. The molecule has 3 aromatic carbocycles. The maximum atomic E-state index is 14.2. The Morgan fingerprint density at radius 3 is 2.39 bits per heavy atom. The molecule has 0 aliphatic heterocycles. The van der Waals surface area contributed by atoms with E-state index in [9.17, 15) is 26.7 Å². The number of nitrogens with two attached hydrogens (primary N) is 1. The Bertz CT molecular complexity index is 1310. The largest absolute Gasteiger partial charge is 0.573 e. The van der Waals surface area contributed by atoms with Gasteiger partial charge in [0.1, 0.15) is 23.1 Å². The molecule has 1 amide bonds. The number of carbonyl (C=O) groups excluding carboxylic acids is 1. The molecule has 158 valence electrons. The third kappa shape index (κ3) is 4.07. The minimum Gasteiger partial charge on any atom is -0.406 e. The third-order valence-electron chi connectivity index (χ3n) is 4.61. The van der Waals surface area contributed by atoms with Gasteiger partial charge >= 0.3 is 6.36 Å². The number of aromatic nitrogens is 1. The van der Waals surface area contributed by atoms with Crippen LogP contribution in [0.25, 0.3) is 27.7 Å². The fourth-order valence-corrected chi connectivity index (χ4v) is 3.39. The number of hydrogen-bond donors (Lipinski definition) is 1. The van der Waals surface area contributed by atoms with E-state index < -0.39 is 29.7 Å². The number of fused-ring (bicyclic) bond motifs is 1. The second-order valence-electron chi connectivity index (χ2n) is 6.67. The van der Waals surface area contributed by atoms with Crippen LogP contribution in [-0.4, -0.2) is 16.8 Å². The molecule has 0 unspecified atom stereocenters. The Labute approximate surface area is 172 Å². The van der Waals surface area contributed by atoms with E-state index in [2.05, 4.69) is 4.74 Å². The summed E-state index contributed by atoms with van der Waals surface area (Å²) in [7, 11) is 0. The van der Waals surface area contributed by atoms with Gasteiger partial charge in [-0.2, -0.15) is 0 Å². The van der Waals surface area contributed by atoms with Crippen molar-refractivity contribution in [1.29, 1.82) is 0 Å². The van der Waals surface area contributed by atoms with Crippen molar-refractivity contribution < 1.29 is 31.5 Å². The number of alkyl halides is 3. The molecular formula is C22H13F5N2O2. The van der Waals surface area contributed by atoms with Crippen LogP contribution in [0.4, 0.5) is 22.0 Å². The quantitative estimate of drug-likeness (QED) is 0.429. The second kappa shape index (κ2) is 7.42. The van der Waals surface area contributed by atoms with Crippen LogP contribution in [0, 0.1) is 11.6 Å². The lowest BCUT2D eigenvalue weighted by atomic mass is 10.0. The summed E-state index contributed by atoms with van der Waals surface area (Å²) < 4.78 is 70.4. The first-order chi connectivity index (χ1) is 14.6. The number of nitrogens with zero attached hydrogens (tertiary/aromatic N) is 1. The van der Waals surface area contributed by atoms with E-state index >= 15 is 0 Å². The number of hydrogen-bond acceptors (Lipinski definition) is 2. The zero-order chi connectivity index (χ0) is 22.3. The van der Waals surface area contributed by atoms with Crippen LogP contribution in [0.5, 0.6) is 5.75 Å². The van der Waals surface area contributed by atoms with Gasteiger partial charge < -0.3 is 15.0 Å². The first-order valence-corrected chi connectivity index (χ1v) is 8.89. The van der Waals surface area contributed by atoms with Gasteiger partial charge in [-0.25, -0.2) is 8.78 Å². The van der Waals surface area contributed by atoms with E-state index in [0.29, 0.717) is 16.8 Å². The molecule has 4 rings (SSSR count). The number of amides is 1. The van der Waals surface area contributed by atoms with Crippen LogP contribution in [0.2, 0.25) is 0 Å². The van der Waals surface area contributed by atoms with Gasteiger partial charge in [-0.05, 0) is 54.1 Å². The predicted molar refractivity (Wildman–Crippen MR) is 104 cm³/mol. The van der Waals surface area contributed by atoms with Gasteiger partial charge in [0.2, 0.25) is 0 Å². The Morgan fingerprint density at radius 2 is 1.71 bits per heavy atom. The number of primary amides is 1. The van der Waals surface area contributed by atoms with Gasteiger partial charge in [0.15, 0.2) is 0 Å². The molecule has 0 aliphatic rings. The summed E-state index contributed by atoms with van der Waals surface area (Å²) in [5.74, 6) is -2.75. The topological polar surface area (TPSA) is 57.3 Å². The van der Waals surface area contributed by atoms with E-state index in [1.54, 1.807) is 24.3 Å². The molecule has 0 atom stereocenters. The zero-order valence-electron chi connectivity index (χ0n) is 15.6. The maximum absolute atomic E-state index is 14.2. The van der Waals surface area contributed by atoms with Crippen molar-refractivity contribution in [2.45, 2.75) is 6.36 Å². The fraction of sp³-hybridized carbons (Fsp3) is 0.0455. The van der Waals surface area contributed by atoms with E-state index in [1.165, 1.54) is 22.8 Å². The Balaban J connectivity index is 1.87. The standard InChI is InChI=1S/C22H13F5N2O2/c23-14-4-6-17(18(24)11-14)12-2-1-3-15(8-12)29-19-7-5-16(31-22(25,26)27)9-13(19)10-20(29)21(28)30/h1-11H,(H2,28,30). The Hall–Kier alpha value is -3.88. The van der Waals surface area contributed by atoms with Gasteiger partial charge in [-0.1, -0.05) is 12.1 Å². The predicted octanol–water partition coefficient (Wildman–Crippen LogP) is 5.57. The number of rotatable bonds is 4. The molecule has 0 radical (unpaired) electrons. The van der Waals surface area contributed by atoms with E-state index in [-0.39, 0.29) is 16.6 Å². The average molecular weight is 432 g/mol. The van der Waals surface area contributed by atoms with Gasteiger partial charge in [0, 0.05) is 22.7 Å². The SMILES string of the molecule is NC(=O)c1cc2cc(OC(F)(F)F)ccc2n1-c1cccc(-c2ccc(F)cc2F)c1. The van der Waals surface area contributed by atoms with Crippen molar-refractivity contribution >= 4 is 16.8 Å². The highest BCUT2D eigenvalue weighted by Crippen LogP contribution is 2.32. The normalized spacial score (nSPS) is 11.6. The molecule has 0 saturated heterocycles. The van der Waals surface area contributed by atoms with Crippen LogP contribution in [0.15, 0.2) is 66.7 Å². The van der Waals surface area contributed by atoms with Crippen molar-refractivity contribution in [3.63, 3.8) is 0 Å². The lowest BCUT2D eigenvalue weighted by molar-refractivity contribution is -0.274. The molecule has 31 heavy (non-hydrogen) atoms. The molecule has 0 aliphatic carbocycles. The lowest BCUT2D eigenvalue weighted by Gasteiger charge is -2.12. The third-order valence-corrected chi connectivity index (χ3v) is 4.61. The van der Waals surface area contributed by atoms with Gasteiger partial charge in [-0.15, -0.1) is 13.2 Å². The molecule has 9 heteroatoms. The first kappa shape index (κ1) is 20.4. The lowest BCUT2D eigenvalue weighted by Crippen LogP contribution is -2.17. The van der Waals surface area contributed by atoms with Gasteiger partial charge in [0.05, 0.1) is 5.52 Å². The fourth-order valence-electron chi connectivity index (χ4n) is 3.39. The molecule has 0 bridgehead atoms. The highest BCUT2D eigenvalue weighted by molar-refractivity contribution is 5.99. The number of benzene rings is 3. The summed E-state index contributed by atoms with van der Waals surface area (Å²) in [5.41, 5.74) is 6.83. The summed E-state index contributed by atoms with van der Waals surface area (Å²) in [6.45, 7) is 0. The maximum Gasteiger partial charge on any atom is 0.573 e. The summed E-state index contributed by atoms with van der Waals surface area (Å²) in [5, 5.41) is 0.286. The highest BCUT2D eigenvalue weighted by atomic mass is 19.4. The van der Waals surface area contributed by atoms with Crippen molar-refractivity contribution in [1.82, 2.24) is 4.57 Å². The second-order valence-corrected chi connectivity index (χ2v) is 6.67. The zero-order valence-corrected chi connectivity index (χ0v) is 15.6. The molecule has 1 aromatic heterocycles.